The number of nitrogens with one attached hydrogen (secondary N) is 1. The molecule has 0 bridgehead atoms. The fraction of sp³-hybridized carbons (Fsp3) is 0.0588. The van der Waals surface area contributed by atoms with E-state index in [1.165, 1.54) is 7.11 Å². The third-order valence-corrected chi connectivity index (χ3v) is 2.96. The average molecular weight is 340 g/mol. The molecule has 128 valence electrons. The molecular formula is C17H16N4O4. The van der Waals surface area contributed by atoms with Crippen molar-refractivity contribution in [3.8, 4) is 23.5 Å². The van der Waals surface area contributed by atoms with E-state index in [0.717, 1.165) is 5.56 Å². The fourth-order valence-electron chi connectivity index (χ4n) is 1.76. The zero-order chi connectivity index (χ0) is 18.2. The lowest BCUT2D eigenvalue weighted by molar-refractivity contribution is -0.132. The molecule has 8 heteroatoms. The highest BCUT2D eigenvalue weighted by molar-refractivity contribution is 5.85. The number of nitrogens with two attached hydrogens (primary N) is 2. The molecule has 0 amide bonds. The van der Waals surface area contributed by atoms with Crippen molar-refractivity contribution in [2.45, 2.75) is 0 Å². The Morgan fingerprint density at radius 3 is 2.60 bits per heavy atom. The lowest BCUT2D eigenvalue weighted by atomic mass is 10.2. The van der Waals surface area contributed by atoms with Crippen molar-refractivity contribution >= 4 is 5.97 Å². The fourth-order valence-corrected chi connectivity index (χ4v) is 1.76. The van der Waals surface area contributed by atoms with Crippen LogP contribution in [0.4, 0.5) is 0 Å². The molecule has 0 aliphatic rings. The second kappa shape index (κ2) is 8.24. The van der Waals surface area contributed by atoms with Gasteiger partial charge >= 0.3 is 5.97 Å². The predicted octanol–water partition coefficient (Wildman–Crippen LogP) is 0.544. The van der Waals surface area contributed by atoms with E-state index in [2.05, 4.69) is 22.3 Å². The minimum Gasteiger partial charge on any atom is -0.481 e. The van der Waals surface area contributed by atoms with Gasteiger partial charge in [0, 0.05) is 23.4 Å². The summed E-state index contributed by atoms with van der Waals surface area (Å²) < 4.78 is 10.4. The maximum atomic E-state index is 10.9. The number of benzene rings is 1. The van der Waals surface area contributed by atoms with Gasteiger partial charge in [0.2, 0.25) is 11.8 Å². The third kappa shape index (κ3) is 4.89. The van der Waals surface area contributed by atoms with E-state index in [4.69, 9.17) is 26.2 Å². The molecule has 8 nitrogen and oxygen atoms in total. The lowest BCUT2D eigenvalue weighted by Crippen LogP contribution is -2.31. The smallest absolute Gasteiger partial charge is 0.357 e. The Kier molecular flexibility index (Phi) is 5.81. The number of carboxylic acid groups (broad SMARTS) is 1. The molecule has 0 fully saturated rings. The van der Waals surface area contributed by atoms with Gasteiger partial charge in [-0.15, -0.1) is 0 Å². The number of ether oxygens (including phenoxy) is 2. The molecule has 6 N–H and O–H groups in total. The van der Waals surface area contributed by atoms with Gasteiger partial charge in [0.1, 0.15) is 5.75 Å². The number of hydrazine groups is 1. The van der Waals surface area contributed by atoms with Crippen LogP contribution in [0.25, 0.3) is 0 Å². The molecule has 0 spiro atoms. The number of nitrogens with zero attached hydrogens (tertiary/aromatic N) is 1. The number of carbonyl (C=O) groups is 1. The summed E-state index contributed by atoms with van der Waals surface area (Å²) in [5, 5.41) is 8.87. The minimum atomic E-state index is -1.35. The Morgan fingerprint density at radius 1 is 1.24 bits per heavy atom. The molecule has 0 aliphatic heterocycles. The highest BCUT2D eigenvalue weighted by atomic mass is 16.5. The minimum absolute atomic E-state index is 0.267. The molecule has 1 aromatic heterocycles. The van der Waals surface area contributed by atoms with Crippen molar-refractivity contribution in [2.75, 3.05) is 7.11 Å². The summed E-state index contributed by atoms with van der Waals surface area (Å²) in [6, 6.07) is 10.2. The highest BCUT2D eigenvalue weighted by Crippen LogP contribution is 2.16. The molecule has 0 radical (unpaired) electrons. The normalized spacial score (nSPS) is 10.8. The van der Waals surface area contributed by atoms with E-state index in [1.807, 2.05) is 0 Å². The van der Waals surface area contributed by atoms with E-state index >= 15 is 0 Å². The van der Waals surface area contributed by atoms with Crippen LogP contribution >= 0.6 is 0 Å². The summed E-state index contributed by atoms with van der Waals surface area (Å²) in [7, 11) is 1.53. The summed E-state index contributed by atoms with van der Waals surface area (Å²) >= 11 is 0. The van der Waals surface area contributed by atoms with Gasteiger partial charge in [0.05, 0.1) is 7.11 Å². The van der Waals surface area contributed by atoms with Gasteiger partial charge in [-0.3, -0.25) is 5.43 Å². The summed E-state index contributed by atoms with van der Waals surface area (Å²) in [6.07, 6.45) is 1.60. The number of methoxy groups -OCH3 is 1. The quantitative estimate of drug-likeness (QED) is 0.204. The van der Waals surface area contributed by atoms with E-state index in [0.29, 0.717) is 17.2 Å². The van der Waals surface area contributed by atoms with Gasteiger partial charge in [-0.2, -0.15) is 0 Å². The predicted molar refractivity (Wildman–Crippen MR) is 90.0 cm³/mol. The number of pyridine rings is 1. The van der Waals surface area contributed by atoms with Crippen LogP contribution in [-0.2, 0) is 4.79 Å². The van der Waals surface area contributed by atoms with Gasteiger partial charge in [0.15, 0.2) is 5.70 Å². The standard InChI is InChI=1S/C17H16N4O4/c1-24-14-10-12(7-8-20-14)6-5-11-3-2-4-13(9-11)25-16(21-19)15(18)17(22)23/h2-4,7-10,21H,18-19H2,1H3,(H,22,23)/b16-15+. The van der Waals surface area contributed by atoms with Crippen LogP contribution in [0.5, 0.6) is 11.6 Å². The van der Waals surface area contributed by atoms with Crippen molar-refractivity contribution in [3.05, 3.63) is 65.3 Å². The molecule has 2 aromatic rings. The van der Waals surface area contributed by atoms with Crippen molar-refractivity contribution in [3.63, 3.8) is 0 Å². The monoisotopic (exact) mass is 340 g/mol. The molecule has 25 heavy (non-hydrogen) atoms. The van der Waals surface area contributed by atoms with Crippen LogP contribution in [0.3, 0.4) is 0 Å². The first kappa shape index (κ1) is 17.7. The van der Waals surface area contributed by atoms with Gasteiger partial charge in [-0.25, -0.2) is 15.6 Å². The third-order valence-electron chi connectivity index (χ3n) is 2.96. The van der Waals surface area contributed by atoms with Crippen LogP contribution in [0.15, 0.2) is 54.2 Å². The van der Waals surface area contributed by atoms with Gasteiger partial charge in [-0.1, -0.05) is 17.9 Å². The Bertz CT molecular complexity index is 868. The van der Waals surface area contributed by atoms with Gasteiger partial charge in [0.25, 0.3) is 0 Å². The van der Waals surface area contributed by atoms with E-state index in [1.54, 1.807) is 42.6 Å². The summed E-state index contributed by atoms with van der Waals surface area (Å²) in [4.78, 5) is 14.9. The molecule has 0 saturated carbocycles. The maximum Gasteiger partial charge on any atom is 0.357 e. The molecule has 0 unspecified atom stereocenters. The second-order valence-corrected chi connectivity index (χ2v) is 4.66. The first-order chi connectivity index (χ1) is 12.0. The van der Waals surface area contributed by atoms with Crippen molar-refractivity contribution in [2.24, 2.45) is 11.6 Å². The second-order valence-electron chi connectivity index (χ2n) is 4.66. The van der Waals surface area contributed by atoms with Crippen LogP contribution in [0, 0.1) is 11.8 Å². The molecule has 2 rings (SSSR count). The van der Waals surface area contributed by atoms with Crippen molar-refractivity contribution in [1.29, 1.82) is 0 Å². The highest BCUT2D eigenvalue weighted by Gasteiger charge is 2.12. The Morgan fingerprint density at radius 2 is 1.96 bits per heavy atom. The van der Waals surface area contributed by atoms with E-state index in [9.17, 15) is 4.79 Å². The van der Waals surface area contributed by atoms with Crippen LogP contribution in [0.1, 0.15) is 11.1 Å². The van der Waals surface area contributed by atoms with Crippen molar-refractivity contribution < 1.29 is 19.4 Å². The Balaban J connectivity index is 2.23. The first-order valence-corrected chi connectivity index (χ1v) is 7.03. The maximum absolute atomic E-state index is 10.9. The number of hydrogen-bond acceptors (Lipinski definition) is 7. The van der Waals surface area contributed by atoms with Crippen LogP contribution < -0.4 is 26.5 Å². The molecule has 0 atom stereocenters. The number of aromatic nitrogens is 1. The zero-order valence-corrected chi connectivity index (χ0v) is 13.3. The summed E-state index contributed by atoms with van der Waals surface area (Å²) in [6.45, 7) is 0. The average Bonchev–Trinajstić information content (AvgIpc) is 2.64. The van der Waals surface area contributed by atoms with Crippen LogP contribution in [-0.4, -0.2) is 23.2 Å². The molecule has 0 saturated heterocycles. The number of hydrogen-bond donors (Lipinski definition) is 4. The van der Waals surface area contributed by atoms with Crippen LogP contribution in [0.2, 0.25) is 0 Å². The Hall–Kier alpha value is -3.70. The van der Waals surface area contributed by atoms with E-state index < -0.39 is 11.7 Å². The Labute approximate surface area is 144 Å². The zero-order valence-electron chi connectivity index (χ0n) is 13.3. The van der Waals surface area contributed by atoms with Gasteiger partial charge < -0.3 is 20.3 Å². The molecule has 0 aliphatic carbocycles. The number of aliphatic carboxylic acids is 1. The van der Waals surface area contributed by atoms with E-state index in [-0.39, 0.29) is 5.88 Å². The van der Waals surface area contributed by atoms with Gasteiger partial charge in [-0.05, 0) is 24.3 Å². The lowest BCUT2D eigenvalue weighted by Gasteiger charge is -2.10. The molecule has 1 heterocycles. The molecule has 1 aromatic carbocycles. The SMILES string of the molecule is COc1cc(C#Cc2cccc(O/C(NN)=C(/N)C(=O)O)c2)ccn1. The summed E-state index contributed by atoms with van der Waals surface area (Å²) in [5.74, 6) is 10.4. The molecular weight excluding hydrogens is 324 g/mol. The number of rotatable bonds is 5. The first-order valence-electron chi connectivity index (χ1n) is 7.03. The summed E-state index contributed by atoms with van der Waals surface area (Å²) in [5.41, 5.74) is 8.35. The van der Waals surface area contributed by atoms with Crippen molar-refractivity contribution in [1.82, 2.24) is 10.4 Å². The number of carboxylic acids is 1. The topological polar surface area (TPSA) is 133 Å². The largest absolute Gasteiger partial charge is 0.481 e.